The van der Waals surface area contributed by atoms with Crippen LogP contribution in [0.15, 0.2) is 5.16 Å². The van der Waals surface area contributed by atoms with Gasteiger partial charge in [0.2, 0.25) is 0 Å². The van der Waals surface area contributed by atoms with Crippen LogP contribution in [0.25, 0.3) is 0 Å². The Kier molecular flexibility index (Phi) is 6.80. The summed E-state index contributed by atoms with van der Waals surface area (Å²) in [5.41, 5.74) is 5.15. The van der Waals surface area contributed by atoms with Gasteiger partial charge in [-0.1, -0.05) is 5.16 Å². The highest BCUT2D eigenvalue weighted by molar-refractivity contribution is 5.79. The second-order valence-electron chi connectivity index (χ2n) is 2.76. The molecule has 0 aromatic rings. The van der Waals surface area contributed by atoms with Gasteiger partial charge in [0.25, 0.3) is 0 Å². The summed E-state index contributed by atoms with van der Waals surface area (Å²) >= 11 is 0. The maximum absolute atomic E-state index is 11.6. The second kappa shape index (κ2) is 7.30. The molecule has 0 rings (SSSR count). The van der Waals surface area contributed by atoms with Crippen molar-refractivity contribution in [1.82, 2.24) is 5.32 Å². The van der Waals surface area contributed by atoms with Crippen molar-refractivity contribution < 1.29 is 23.1 Å². The predicted octanol–water partition coefficient (Wildman–Crippen LogP) is 0.291. The van der Waals surface area contributed by atoms with E-state index in [4.69, 9.17) is 10.9 Å². The lowest BCUT2D eigenvalue weighted by Gasteiger charge is -2.07. The maximum atomic E-state index is 11.6. The molecule has 0 amide bonds. The number of hydrogen-bond acceptors (Lipinski definition) is 4. The van der Waals surface area contributed by atoms with Crippen LogP contribution in [-0.2, 0) is 4.74 Å². The molecule has 90 valence electrons. The SMILES string of the molecule is NC(CCNCCOCC(F)(F)F)=NO. The number of alkyl halides is 3. The number of nitrogens with two attached hydrogens (primary N) is 1. The smallest absolute Gasteiger partial charge is 0.409 e. The van der Waals surface area contributed by atoms with Crippen molar-refractivity contribution in [3.63, 3.8) is 0 Å². The Hall–Kier alpha value is -1.02. The summed E-state index contributed by atoms with van der Waals surface area (Å²) in [6.07, 6.45) is -3.95. The van der Waals surface area contributed by atoms with Crippen molar-refractivity contribution in [1.29, 1.82) is 0 Å². The van der Waals surface area contributed by atoms with Crippen molar-refractivity contribution in [2.24, 2.45) is 10.9 Å². The van der Waals surface area contributed by atoms with E-state index in [-0.39, 0.29) is 19.0 Å². The average Bonchev–Trinajstić information content (AvgIpc) is 2.14. The number of oxime groups is 1. The fourth-order valence-corrected chi connectivity index (χ4v) is 0.724. The number of amidine groups is 1. The van der Waals surface area contributed by atoms with Gasteiger partial charge in [-0.05, 0) is 0 Å². The number of rotatable bonds is 7. The van der Waals surface area contributed by atoms with Gasteiger partial charge < -0.3 is 21.0 Å². The van der Waals surface area contributed by atoms with E-state index >= 15 is 0 Å². The van der Waals surface area contributed by atoms with Crippen LogP contribution in [-0.4, -0.2) is 43.5 Å². The molecule has 5 nitrogen and oxygen atoms in total. The molecule has 0 spiro atoms. The summed E-state index contributed by atoms with van der Waals surface area (Å²) < 4.78 is 39.1. The summed E-state index contributed by atoms with van der Waals surface area (Å²) in [6.45, 7) is -0.565. The fourth-order valence-electron chi connectivity index (χ4n) is 0.724. The molecule has 0 fully saturated rings. The van der Waals surface area contributed by atoms with Crippen LogP contribution in [0.1, 0.15) is 6.42 Å². The first-order chi connectivity index (χ1) is 6.95. The number of halogens is 3. The first-order valence-corrected chi connectivity index (χ1v) is 4.27. The van der Waals surface area contributed by atoms with E-state index in [0.717, 1.165) is 0 Å². The van der Waals surface area contributed by atoms with Crippen molar-refractivity contribution in [3.8, 4) is 0 Å². The maximum Gasteiger partial charge on any atom is 0.411 e. The molecule has 0 aliphatic rings. The van der Waals surface area contributed by atoms with Crippen LogP contribution in [0.4, 0.5) is 13.2 Å². The van der Waals surface area contributed by atoms with Crippen LogP contribution in [0.2, 0.25) is 0 Å². The normalized spacial score (nSPS) is 13.1. The standard InChI is InChI=1S/C7H14F3N3O2/c8-7(9,10)5-15-4-3-12-2-1-6(11)13-14/h12,14H,1-5H2,(H2,11,13). The van der Waals surface area contributed by atoms with Gasteiger partial charge in [0, 0.05) is 19.5 Å². The molecule has 0 aromatic heterocycles. The lowest BCUT2D eigenvalue weighted by Crippen LogP contribution is -2.27. The van der Waals surface area contributed by atoms with Gasteiger partial charge in [-0.25, -0.2) is 0 Å². The Morgan fingerprint density at radius 2 is 2.07 bits per heavy atom. The summed E-state index contributed by atoms with van der Waals surface area (Å²) in [5.74, 6) is 0.0682. The monoisotopic (exact) mass is 229 g/mol. The first kappa shape index (κ1) is 14.0. The summed E-state index contributed by atoms with van der Waals surface area (Å²) in [5, 5.41) is 13.7. The van der Waals surface area contributed by atoms with Gasteiger partial charge >= 0.3 is 6.18 Å². The number of nitrogens with one attached hydrogen (secondary N) is 1. The summed E-state index contributed by atoms with van der Waals surface area (Å²) in [4.78, 5) is 0. The predicted molar refractivity (Wildman–Crippen MR) is 47.8 cm³/mol. The lowest BCUT2D eigenvalue weighted by atomic mass is 10.4. The molecule has 0 unspecified atom stereocenters. The highest BCUT2D eigenvalue weighted by Gasteiger charge is 2.27. The highest BCUT2D eigenvalue weighted by atomic mass is 19.4. The summed E-state index contributed by atoms with van der Waals surface area (Å²) in [7, 11) is 0. The summed E-state index contributed by atoms with van der Waals surface area (Å²) in [6, 6.07) is 0. The molecule has 0 atom stereocenters. The minimum atomic E-state index is -4.28. The van der Waals surface area contributed by atoms with E-state index < -0.39 is 12.8 Å². The van der Waals surface area contributed by atoms with Crippen molar-refractivity contribution >= 4 is 5.84 Å². The number of hydrogen-bond donors (Lipinski definition) is 3. The Labute approximate surface area is 85.1 Å². The van der Waals surface area contributed by atoms with Crippen LogP contribution >= 0.6 is 0 Å². The Morgan fingerprint density at radius 3 is 2.60 bits per heavy atom. The van der Waals surface area contributed by atoms with Crippen LogP contribution in [0.3, 0.4) is 0 Å². The largest absolute Gasteiger partial charge is 0.411 e. The minimum absolute atomic E-state index is 0.0321. The lowest BCUT2D eigenvalue weighted by molar-refractivity contribution is -0.173. The van der Waals surface area contributed by atoms with Gasteiger partial charge in [0.1, 0.15) is 12.4 Å². The third-order valence-corrected chi connectivity index (χ3v) is 1.38. The third kappa shape index (κ3) is 10.9. The van der Waals surface area contributed by atoms with E-state index in [2.05, 4.69) is 15.2 Å². The van der Waals surface area contributed by atoms with Crippen LogP contribution in [0.5, 0.6) is 0 Å². The quantitative estimate of drug-likeness (QED) is 0.193. The molecule has 4 N–H and O–H groups in total. The molecule has 0 saturated carbocycles. The molecule has 0 aromatic carbocycles. The molecular formula is C7H14F3N3O2. The Bertz CT molecular complexity index is 196. The zero-order valence-corrected chi connectivity index (χ0v) is 8.05. The molecule has 0 aliphatic carbocycles. The van der Waals surface area contributed by atoms with Gasteiger partial charge in [-0.15, -0.1) is 0 Å². The van der Waals surface area contributed by atoms with Crippen LogP contribution in [0, 0.1) is 0 Å². The molecule has 8 heteroatoms. The topological polar surface area (TPSA) is 79.9 Å². The van der Waals surface area contributed by atoms with E-state index in [0.29, 0.717) is 13.0 Å². The molecular weight excluding hydrogens is 215 g/mol. The van der Waals surface area contributed by atoms with E-state index in [1.165, 1.54) is 0 Å². The zero-order chi connectivity index (χ0) is 11.7. The fraction of sp³-hybridized carbons (Fsp3) is 0.857. The molecule has 0 aliphatic heterocycles. The average molecular weight is 229 g/mol. The molecule has 15 heavy (non-hydrogen) atoms. The molecule has 0 radical (unpaired) electrons. The van der Waals surface area contributed by atoms with Crippen molar-refractivity contribution in [2.75, 3.05) is 26.3 Å². The van der Waals surface area contributed by atoms with E-state index in [9.17, 15) is 13.2 Å². The van der Waals surface area contributed by atoms with E-state index in [1.807, 2.05) is 0 Å². The first-order valence-electron chi connectivity index (χ1n) is 4.27. The Balaban J connectivity index is 3.19. The highest BCUT2D eigenvalue weighted by Crippen LogP contribution is 2.13. The minimum Gasteiger partial charge on any atom is -0.409 e. The van der Waals surface area contributed by atoms with Crippen LogP contribution < -0.4 is 11.1 Å². The second-order valence-corrected chi connectivity index (χ2v) is 2.76. The van der Waals surface area contributed by atoms with Crippen molar-refractivity contribution in [2.45, 2.75) is 12.6 Å². The van der Waals surface area contributed by atoms with Gasteiger partial charge in [0.15, 0.2) is 0 Å². The van der Waals surface area contributed by atoms with Crippen molar-refractivity contribution in [3.05, 3.63) is 0 Å². The zero-order valence-electron chi connectivity index (χ0n) is 8.05. The van der Waals surface area contributed by atoms with E-state index in [1.54, 1.807) is 0 Å². The molecule has 0 heterocycles. The van der Waals surface area contributed by atoms with Gasteiger partial charge in [0.05, 0.1) is 6.61 Å². The molecule has 0 saturated heterocycles. The number of nitrogens with zero attached hydrogens (tertiary/aromatic N) is 1. The van der Waals surface area contributed by atoms with Gasteiger partial charge in [-0.2, -0.15) is 13.2 Å². The number of ether oxygens (including phenoxy) is 1. The Morgan fingerprint density at radius 1 is 1.40 bits per heavy atom. The third-order valence-electron chi connectivity index (χ3n) is 1.38. The van der Waals surface area contributed by atoms with Gasteiger partial charge in [-0.3, -0.25) is 0 Å². The molecule has 0 bridgehead atoms.